The predicted octanol–water partition coefficient (Wildman–Crippen LogP) is 3.15. The van der Waals surface area contributed by atoms with Crippen LogP contribution in [0.1, 0.15) is 29.8 Å². The van der Waals surface area contributed by atoms with Crippen molar-refractivity contribution in [3.05, 3.63) is 39.4 Å². The van der Waals surface area contributed by atoms with Gasteiger partial charge in [-0.25, -0.2) is 0 Å². The predicted molar refractivity (Wildman–Crippen MR) is 77.8 cm³/mol. The van der Waals surface area contributed by atoms with Gasteiger partial charge in [0, 0.05) is 35.1 Å². The number of aryl methyl sites for hydroxylation is 1. The van der Waals surface area contributed by atoms with Crippen molar-refractivity contribution in [2.24, 2.45) is 0 Å². The van der Waals surface area contributed by atoms with Crippen LogP contribution in [0.4, 0.5) is 5.69 Å². The van der Waals surface area contributed by atoms with E-state index in [0.29, 0.717) is 16.5 Å². The third-order valence-electron chi connectivity index (χ3n) is 3.19. The fraction of sp³-hybridized carbons (Fsp3) is 0.462. The van der Waals surface area contributed by atoms with Crippen LogP contribution in [0.5, 0.6) is 0 Å². The van der Waals surface area contributed by atoms with E-state index in [9.17, 15) is 14.9 Å². The molecule has 0 saturated carbocycles. The van der Waals surface area contributed by atoms with E-state index in [1.807, 2.05) is 13.8 Å². The number of nitro groups is 1. The number of carbonyl (C=O) groups excluding carboxylic acids is 1. The first-order chi connectivity index (χ1) is 8.70. The summed E-state index contributed by atoms with van der Waals surface area (Å²) in [6.07, 6.45) is 0. The van der Waals surface area contributed by atoms with Crippen molar-refractivity contribution in [2.75, 3.05) is 12.4 Å². The molecule has 1 amide bonds. The van der Waals surface area contributed by atoms with E-state index in [0.717, 1.165) is 0 Å². The Balaban J connectivity index is 3.14. The number of carbonyl (C=O) groups is 1. The second kappa shape index (κ2) is 5.69. The summed E-state index contributed by atoms with van der Waals surface area (Å²) in [6, 6.07) is 4.55. The zero-order chi connectivity index (χ0) is 14.8. The fourth-order valence-corrected chi connectivity index (χ4v) is 1.87. The molecule has 0 aliphatic rings. The Kier molecular flexibility index (Phi) is 4.68. The average molecular weight is 329 g/mol. The topological polar surface area (TPSA) is 63.5 Å². The summed E-state index contributed by atoms with van der Waals surface area (Å²) < 4.78 is 0. The SMILES string of the molecule is Cc1ccc(C(=O)N(C)C(C)(C)CBr)cc1[N+](=O)[O-]. The van der Waals surface area contributed by atoms with Gasteiger partial charge in [-0.05, 0) is 26.8 Å². The molecule has 0 unspecified atom stereocenters. The van der Waals surface area contributed by atoms with E-state index >= 15 is 0 Å². The maximum Gasteiger partial charge on any atom is 0.273 e. The highest BCUT2D eigenvalue weighted by atomic mass is 79.9. The molecule has 0 aromatic heterocycles. The molecule has 1 aromatic rings. The lowest BCUT2D eigenvalue weighted by atomic mass is 10.0. The Labute approximate surface area is 120 Å². The molecule has 0 fully saturated rings. The number of hydrogen-bond donors (Lipinski definition) is 0. The van der Waals surface area contributed by atoms with Crippen molar-refractivity contribution in [3.63, 3.8) is 0 Å². The van der Waals surface area contributed by atoms with E-state index in [-0.39, 0.29) is 17.1 Å². The van der Waals surface area contributed by atoms with Crippen LogP contribution >= 0.6 is 15.9 Å². The number of halogens is 1. The molecule has 0 aliphatic carbocycles. The molecular formula is C13H17BrN2O3. The highest BCUT2D eigenvalue weighted by Gasteiger charge is 2.28. The van der Waals surface area contributed by atoms with Gasteiger partial charge in [0.2, 0.25) is 0 Å². The van der Waals surface area contributed by atoms with E-state index in [1.54, 1.807) is 31.0 Å². The summed E-state index contributed by atoms with van der Waals surface area (Å²) in [6.45, 7) is 5.49. The molecule has 1 rings (SSSR count). The van der Waals surface area contributed by atoms with Gasteiger partial charge in [-0.2, -0.15) is 0 Å². The monoisotopic (exact) mass is 328 g/mol. The standard InChI is InChI=1S/C13H17BrN2O3/c1-9-5-6-10(7-11(9)16(18)19)12(17)15(4)13(2,3)8-14/h5-7H,8H2,1-4H3. The van der Waals surface area contributed by atoms with Gasteiger partial charge in [0.05, 0.1) is 4.92 Å². The normalized spacial score (nSPS) is 11.2. The first kappa shape index (κ1) is 15.6. The molecule has 104 valence electrons. The third kappa shape index (κ3) is 3.32. The number of alkyl halides is 1. The summed E-state index contributed by atoms with van der Waals surface area (Å²) >= 11 is 3.36. The van der Waals surface area contributed by atoms with Crippen molar-refractivity contribution in [2.45, 2.75) is 26.3 Å². The van der Waals surface area contributed by atoms with Gasteiger partial charge in [0.1, 0.15) is 0 Å². The molecule has 0 saturated heterocycles. The van der Waals surface area contributed by atoms with Gasteiger partial charge in [-0.15, -0.1) is 0 Å². The zero-order valence-electron chi connectivity index (χ0n) is 11.4. The summed E-state index contributed by atoms with van der Waals surface area (Å²) in [4.78, 5) is 24.3. The van der Waals surface area contributed by atoms with Crippen LogP contribution in [0, 0.1) is 17.0 Å². The summed E-state index contributed by atoms with van der Waals surface area (Å²) in [5, 5.41) is 11.5. The quantitative estimate of drug-likeness (QED) is 0.484. The maximum absolute atomic E-state index is 12.3. The first-order valence-corrected chi connectivity index (χ1v) is 6.92. The molecule has 0 N–H and O–H groups in total. The van der Waals surface area contributed by atoms with Crippen molar-refractivity contribution in [3.8, 4) is 0 Å². The zero-order valence-corrected chi connectivity index (χ0v) is 13.0. The number of benzene rings is 1. The molecule has 6 heteroatoms. The van der Waals surface area contributed by atoms with Gasteiger partial charge in [-0.3, -0.25) is 14.9 Å². The maximum atomic E-state index is 12.3. The van der Waals surface area contributed by atoms with Crippen LogP contribution in [0.3, 0.4) is 0 Å². The third-order valence-corrected chi connectivity index (χ3v) is 4.56. The molecule has 0 heterocycles. The van der Waals surface area contributed by atoms with Gasteiger partial charge in [-0.1, -0.05) is 22.0 Å². The lowest BCUT2D eigenvalue weighted by Gasteiger charge is -2.34. The molecule has 0 aliphatic heterocycles. The molecule has 0 atom stereocenters. The lowest BCUT2D eigenvalue weighted by molar-refractivity contribution is -0.385. The van der Waals surface area contributed by atoms with Crippen molar-refractivity contribution < 1.29 is 9.72 Å². The van der Waals surface area contributed by atoms with Gasteiger partial charge in [0.25, 0.3) is 11.6 Å². The van der Waals surface area contributed by atoms with E-state index in [2.05, 4.69) is 15.9 Å². The number of nitrogens with zero attached hydrogens (tertiary/aromatic N) is 2. The summed E-state index contributed by atoms with van der Waals surface area (Å²) in [5.41, 5.74) is 0.477. The molecule has 19 heavy (non-hydrogen) atoms. The molecule has 5 nitrogen and oxygen atoms in total. The fourth-order valence-electron chi connectivity index (χ4n) is 1.50. The minimum atomic E-state index is -0.470. The first-order valence-electron chi connectivity index (χ1n) is 5.80. The van der Waals surface area contributed by atoms with Crippen LogP contribution in [-0.2, 0) is 0 Å². The molecule has 0 bridgehead atoms. The number of nitro benzene ring substituents is 1. The van der Waals surface area contributed by atoms with Crippen molar-refractivity contribution >= 4 is 27.5 Å². The summed E-state index contributed by atoms with van der Waals surface area (Å²) in [7, 11) is 1.69. The second-order valence-corrected chi connectivity index (χ2v) is 5.63. The summed E-state index contributed by atoms with van der Waals surface area (Å²) in [5.74, 6) is -0.229. The Hall–Kier alpha value is -1.43. The Morgan fingerprint density at radius 2 is 2.05 bits per heavy atom. The van der Waals surface area contributed by atoms with E-state index in [1.165, 1.54) is 6.07 Å². The van der Waals surface area contributed by atoms with Gasteiger partial charge in [0.15, 0.2) is 0 Å². The Morgan fingerprint density at radius 1 is 1.47 bits per heavy atom. The Morgan fingerprint density at radius 3 is 2.53 bits per heavy atom. The van der Waals surface area contributed by atoms with Crippen molar-refractivity contribution in [1.29, 1.82) is 0 Å². The molecule has 0 spiro atoms. The second-order valence-electron chi connectivity index (χ2n) is 5.07. The number of hydrogen-bond acceptors (Lipinski definition) is 3. The largest absolute Gasteiger partial charge is 0.336 e. The number of rotatable bonds is 4. The number of amides is 1. The highest BCUT2D eigenvalue weighted by Crippen LogP contribution is 2.23. The van der Waals surface area contributed by atoms with Crippen LogP contribution < -0.4 is 0 Å². The van der Waals surface area contributed by atoms with E-state index < -0.39 is 4.92 Å². The van der Waals surface area contributed by atoms with Crippen LogP contribution in [0.15, 0.2) is 18.2 Å². The lowest BCUT2D eigenvalue weighted by Crippen LogP contribution is -2.46. The van der Waals surface area contributed by atoms with Crippen LogP contribution in [-0.4, -0.2) is 33.6 Å². The van der Waals surface area contributed by atoms with Crippen molar-refractivity contribution in [1.82, 2.24) is 4.90 Å². The molecule has 0 radical (unpaired) electrons. The van der Waals surface area contributed by atoms with Crippen LogP contribution in [0.2, 0.25) is 0 Å². The minimum Gasteiger partial charge on any atom is -0.336 e. The van der Waals surface area contributed by atoms with Crippen LogP contribution in [0.25, 0.3) is 0 Å². The minimum absolute atomic E-state index is 0.0316. The smallest absolute Gasteiger partial charge is 0.273 e. The highest BCUT2D eigenvalue weighted by molar-refractivity contribution is 9.09. The van der Waals surface area contributed by atoms with Gasteiger partial charge >= 0.3 is 0 Å². The molecular weight excluding hydrogens is 312 g/mol. The van der Waals surface area contributed by atoms with E-state index in [4.69, 9.17) is 0 Å². The average Bonchev–Trinajstić information content (AvgIpc) is 2.37. The van der Waals surface area contributed by atoms with Gasteiger partial charge < -0.3 is 4.90 Å². The Bertz CT molecular complexity index is 515. The molecule has 1 aromatic carbocycles.